The molecule has 3 rings (SSSR count). The zero-order chi connectivity index (χ0) is 14.5. The summed E-state index contributed by atoms with van der Waals surface area (Å²) in [6.07, 6.45) is 5.26. The van der Waals surface area contributed by atoms with Crippen molar-refractivity contribution in [2.45, 2.75) is 37.1 Å². The normalized spacial score (nSPS) is 24.2. The minimum atomic E-state index is -0.288. The number of hydrogen-bond donors (Lipinski definition) is 2. The maximum absolute atomic E-state index is 9.51. The number of nitrogens with zero attached hydrogens (tertiary/aromatic N) is 3. The molecule has 1 aromatic heterocycles. The van der Waals surface area contributed by atoms with Gasteiger partial charge in [-0.1, -0.05) is 30.3 Å². The maximum Gasteiger partial charge on any atom is 0.137 e. The molecule has 1 aromatic carbocycles. The smallest absolute Gasteiger partial charge is 0.137 e. The zero-order valence-corrected chi connectivity index (χ0v) is 11.9. The van der Waals surface area contributed by atoms with E-state index in [2.05, 4.69) is 38.7 Å². The highest BCUT2D eigenvalue weighted by molar-refractivity contribution is 5.36. The van der Waals surface area contributed by atoms with E-state index in [4.69, 9.17) is 0 Å². The van der Waals surface area contributed by atoms with E-state index in [1.807, 2.05) is 18.2 Å². The van der Waals surface area contributed by atoms with Crippen molar-refractivity contribution in [1.29, 1.82) is 5.26 Å². The van der Waals surface area contributed by atoms with Crippen LogP contribution in [-0.2, 0) is 11.8 Å². The zero-order valence-electron chi connectivity index (χ0n) is 11.9. The minimum absolute atomic E-state index is 0.288. The molecule has 1 aliphatic rings. The summed E-state index contributed by atoms with van der Waals surface area (Å²) in [5.41, 5.74) is 0.858. The predicted octanol–water partition coefficient (Wildman–Crippen LogP) is 1.95. The van der Waals surface area contributed by atoms with Gasteiger partial charge in [0.15, 0.2) is 0 Å². The Balaban J connectivity index is 1.43. The summed E-state index contributed by atoms with van der Waals surface area (Å²) in [5.74, 6) is 0.932. The molecule has 1 saturated carbocycles. The van der Waals surface area contributed by atoms with Gasteiger partial charge in [0.2, 0.25) is 0 Å². The highest BCUT2D eigenvalue weighted by Gasteiger charge is 2.45. The number of aryl methyl sites for hydroxylation is 1. The van der Waals surface area contributed by atoms with Gasteiger partial charge in [0.25, 0.3) is 0 Å². The topological polar surface area (TPSA) is 77.4 Å². The SMILES string of the molecule is N#CC1(c2ccccc2)CC(NCCCc2ncn[nH]2)C1. The van der Waals surface area contributed by atoms with Gasteiger partial charge < -0.3 is 5.32 Å². The van der Waals surface area contributed by atoms with Crippen LogP contribution in [0.4, 0.5) is 0 Å². The molecule has 2 aromatic rings. The van der Waals surface area contributed by atoms with Gasteiger partial charge >= 0.3 is 0 Å². The van der Waals surface area contributed by atoms with Crippen LogP contribution in [0, 0.1) is 11.3 Å². The Hall–Kier alpha value is -2.19. The van der Waals surface area contributed by atoms with E-state index in [-0.39, 0.29) is 5.41 Å². The summed E-state index contributed by atoms with van der Waals surface area (Å²) in [7, 11) is 0. The molecular formula is C16H19N5. The fourth-order valence-electron chi connectivity index (χ4n) is 2.99. The summed E-state index contributed by atoms with van der Waals surface area (Å²) in [4.78, 5) is 4.11. The fourth-order valence-corrected chi connectivity index (χ4v) is 2.99. The van der Waals surface area contributed by atoms with Crippen LogP contribution in [0.2, 0.25) is 0 Å². The second-order valence-corrected chi connectivity index (χ2v) is 5.65. The third kappa shape index (κ3) is 2.96. The fraction of sp³-hybridized carbons (Fsp3) is 0.438. The van der Waals surface area contributed by atoms with Crippen molar-refractivity contribution in [3.05, 3.63) is 48.0 Å². The van der Waals surface area contributed by atoms with Crippen LogP contribution in [0.3, 0.4) is 0 Å². The van der Waals surface area contributed by atoms with Crippen molar-refractivity contribution in [2.75, 3.05) is 6.54 Å². The first kappa shape index (κ1) is 13.8. The maximum atomic E-state index is 9.51. The van der Waals surface area contributed by atoms with Crippen LogP contribution in [-0.4, -0.2) is 27.8 Å². The van der Waals surface area contributed by atoms with Crippen molar-refractivity contribution < 1.29 is 0 Å². The van der Waals surface area contributed by atoms with Gasteiger partial charge in [0, 0.05) is 12.5 Å². The van der Waals surface area contributed by atoms with Crippen molar-refractivity contribution in [3.8, 4) is 6.07 Å². The molecule has 0 bridgehead atoms. The second-order valence-electron chi connectivity index (χ2n) is 5.65. The number of rotatable bonds is 6. The number of benzene rings is 1. The van der Waals surface area contributed by atoms with Crippen LogP contribution >= 0.6 is 0 Å². The van der Waals surface area contributed by atoms with Crippen molar-refractivity contribution in [3.63, 3.8) is 0 Å². The largest absolute Gasteiger partial charge is 0.314 e. The van der Waals surface area contributed by atoms with Gasteiger partial charge in [-0.05, 0) is 31.4 Å². The lowest BCUT2D eigenvalue weighted by atomic mass is 9.62. The molecule has 2 N–H and O–H groups in total. The van der Waals surface area contributed by atoms with E-state index in [1.54, 1.807) is 0 Å². The Morgan fingerprint density at radius 2 is 2.14 bits per heavy atom. The number of aromatic amines is 1. The summed E-state index contributed by atoms with van der Waals surface area (Å²) in [6.45, 7) is 0.946. The first-order chi connectivity index (χ1) is 10.3. The Labute approximate surface area is 124 Å². The van der Waals surface area contributed by atoms with Crippen LogP contribution in [0.5, 0.6) is 0 Å². The van der Waals surface area contributed by atoms with E-state index in [0.29, 0.717) is 6.04 Å². The average Bonchev–Trinajstić information content (AvgIpc) is 3.00. The molecule has 1 aliphatic carbocycles. The van der Waals surface area contributed by atoms with E-state index in [1.165, 1.54) is 6.33 Å². The van der Waals surface area contributed by atoms with E-state index < -0.39 is 0 Å². The van der Waals surface area contributed by atoms with Crippen molar-refractivity contribution in [2.24, 2.45) is 0 Å². The Morgan fingerprint density at radius 1 is 1.33 bits per heavy atom. The molecule has 0 aliphatic heterocycles. The molecule has 0 spiro atoms. The van der Waals surface area contributed by atoms with Gasteiger partial charge in [-0.3, -0.25) is 5.10 Å². The van der Waals surface area contributed by atoms with E-state index >= 15 is 0 Å². The van der Waals surface area contributed by atoms with Crippen molar-refractivity contribution >= 4 is 0 Å². The molecule has 21 heavy (non-hydrogen) atoms. The summed E-state index contributed by atoms with van der Waals surface area (Å²) < 4.78 is 0. The molecule has 108 valence electrons. The molecule has 5 nitrogen and oxygen atoms in total. The second kappa shape index (κ2) is 6.06. The van der Waals surface area contributed by atoms with Gasteiger partial charge in [-0.2, -0.15) is 10.4 Å². The average molecular weight is 281 g/mol. The Morgan fingerprint density at radius 3 is 2.81 bits per heavy atom. The standard InChI is InChI=1S/C16H19N5/c17-11-16(13-5-2-1-3-6-13)9-14(10-16)18-8-4-7-15-19-12-20-21-15/h1-3,5-6,12,14,18H,4,7-10H2,(H,19,20,21). The van der Waals surface area contributed by atoms with Crippen LogP contribution in [0.1, 0.15) is 30.7 Å². The third-order valence-electron chi connectivity index (χ3n) is 4.22. The quantitative estimate of drug-likeness (QED) is 0.793. The Kier molecular flexibility index (Phi) is 3.98. The molecule has 0 radical (unpaired) electrons. The summed E-state index contributed by atoms with van der Waals surface area (Å²) in [6, 6.07) is 13.1. The number of H-pyrrole nitrogens is 1. The van der Waals surface area contributed by atoms with Crippen LogP contribution in [0.25, 0.3) is 0 Å². The predicted molar refractivity (Wildman–Crippen MR) is 79.5 cm³/mol. The van der Waals surface area contributed by atoms with Gasteiger partial charge in [-0.25, -0.2) is 4.98 Å². The van der Waals surface area contributed by atoms with Crippen LogP contribution < -0.4 is 5.32 Å². The van der Waals surface area contributed by atoms with E-state index in [9.17, 15) is 5.26 Å². The third-order valence-corrected chi connectivity index (χ3v) is 4.22. The number of nitrogens with one attached hydrogen (secondary N) is 2. The molecule has 0 saturated heterocycles. The van der Waals surface area contributed by atoms with Gasteiger partial charge in [0.05, 0.1) is 11.5 Å². The Bertz CT molecular complexity index is 593. The summed E-state index contributed by atoms with van der Waals surface area (Å²) >= 11 is 0. The minimum Gasteiger partial charge on any atom is -0.314 e. The lowest BCUT2D eigenvalue weighted by Gasteiger charge is -2.43. The van der Waals surface area contributed by atoms with Crippen LogP contribution in [0.15, 0.2) is 36.7 Å². The molecule has 1 fully saturated rings. The highest BCUT2D eigenvalue weighted by atomic mass is 15.2. The first-order valence-electron chi connectivity index (χ1n) is 7.37. The molecule has 0 amide bonds. The number of hydrogen-bond acceptors (Lipinski definition) is 4. The lowest BCUT2D eigenvalue weighted by Crippen LogP contribution is -2.51. The highest BCUT2D eigenvalue weighted by Crippen LogP contribution is 2.43. The number of nitriles is 1. The first-order valence-corrected chi connectivity index (χ1v) is 7.37. The molecule has 0 atom stereocenters. The molecule has 0 unspecified atom stereocenters. The van der Waals surface area contributed by atoms with Gasteiger partial charge in [0.1, 0.15) is 12.2 Å². The summed E-state index contributed by atoms with van der Waals surface area (Å²) in [5, 5.41) is 19.7. The number of aromatic nitrogens is 3. The molecule has 5 heteroatoms. The van der Waals surface area contributed by atoms with E-state index in [0.717, 1.165) is 43.6 Å². The lowest BCUT2D eigenvalue weighted by molar-refractivity contribution is 0.227. The van der Waals surface area contributed by atoms with Gasteiger partial charge in [-0.15, -0.1) is 0 Å². The molecule has 1 heterocycles. The monoisotopic (exact) mass is 281 g/mol. The molecular weight excluding hydrogens is 262 g/mol. The van der Waals surface area contributed by atoms with Crippen molar-refractivity contribution in [1.82, 2.24) is 20.5 Å².